The first-order valence-corrected chi connectivity index (χ1v) is 9.95. The van der Waals surface area contributed by atoms with Crippen molar-refractivity contribution in [2.45, 2.75) is 22.7 Å². The van der Waals surface area contributed by atoms with Crippen LogP contribution in [0.25, 0.3) is 0 Å². The zero-order valence-electron chi connectivity index (χ0n) is 15.2. The number of ether oxygens (including phenoxy) is 1. The maximum Gasteiger partial charge on any atom is 0.284 e. The van der Waals surface area contributed by atoms with E-state index in [0.29, 0.717) is 11.4 Å². The minimum Gasteiger partial charge on any atom is -0.497 e. The highest BCUT2D eigenvalue weighted by molar-refractivity contribution is 8.01. The lowest BCUT2D eigenvalue weighted by Gasteiger charge is -2.08. The first-order chi connectivity index (χ1) is 13.5. The summed E-state index contributed by atoms with van der Waals surface area (Å²) in [5, 5.41) is 16.1. The Hall–Kier alpha value is -2.91. The summed E-state index contributed by atoms with van der Waals surface area (Å²) in [6.45, 7) is 2.18. The number of amides is 1. The van der Waals surface area contributed by atoms with Crippen molar-refractivity contribution < 1.29 is 14.5 Å². The van der Waals surface area contributed by atoms with E-state index in [1.165, 1.54) is 29.2 Å². The van der Waals surface area contributed by atoms with Crippen LogP contribution in [0, 0.1) is 17.0 Å². The third-order valence-electron chi connectivity index (χ3n) is 3.83. The number of carbonyl (C=O) groups excluding carboxylic acids is 1. The summed E-state index contributed by atoms with van der Waals surface area (Å²) in [5.74, 6) is 0.356. The van der Waals surface area contributed by atoms with Gasteiger partial charge in [-0.1, -0.05) is 23.9 Å². The number of aromatic nitrogens is 1. The molecule has 3 aromatic rings. The first kappa shape index (κ1) is 19.8. The number of aryl methyl sites for hydroxylation is 1. The number of nitro groups is 1. The Labute approximate surface area is 169 Å². The van der Waals surface area contributed by atoms with Gasteiger partial charge in [-0.25, -0.2) is 4.98 Å². The SMILES string of the molecule is COc1ccc(CNC(=O)c2ccc(Sc3nc(C)cs3)c([N+](=O)[O-])c2)cc1. The molecule has 0 aliphatic rings. The quantitative estimate of drug-likeness (QED) is 0.453. The molecular weight excluding hydrogens is 398 g/mol. The van der Waals surface area contributed by atoms with E-state index in [-0.39, 0.29) is 17.2 Å². The Bertz CT molecular complexity index is 1000. The number of hydrogen-bond donors (Lipinski definition) is 1. The molecule has 0 aliphatic carbocycles. The van der Waals surface area contributed by atoms with E-state index < -0.39 is 4.92 Å². The number of methoxy groups -OCH3 is 1. The minimum absolute atomic E-state index is 0.116. The number of nitrogens with one attached hydrogen (secondary N) is 1. The van der Waals surface area contributed by atoms with Crippen molar-refractivity contribution in [2.24, 2.45) is 0 Å². The molecule has 28 heavy (non-hydrogen) atoms. The minimum atomic E-state index is -0.483. The number of thiazole rings is 1. The molecule has 0 aliphatic heterocycles. The van der Waals surface area contributed by atoms with Crippen LogP contribution in [0.4, 0.5) is 5.69 Å². The van der Waals surface area contributed by atoms with Crippen molar-refractivity contribution >= 4 is 34.7 Å². The zero-order valence-corrected chi connectivity index (χ0v) is 16.8. The van der Waals surface area contributed by atoms with Gasteiger partial charge in [0.05, 0.1) is 16.9 Å². The molecule has 144 valence electrons. The van der Waals surface area contributed by atoms with Gasteiger partial charge in [-0.3, -0.25) is 14.9 Å². The van der Waals surface area contributed by atoms with Crippen LogP contribution in [0.5, 0.6) is 5.75 Å². The van der Waals surface area contributed by atoms with Gasteiger partial charge in [0.25, 0.3) is 11.6 Å². The third-order valence-corrected chi connectivity index (χ3v) is 5.95. The van der Waals surface area contributed by atoms with Gasteiger partial charge in [-0.2, -0.15) is 0 Å². The van der Waals surface area contributed by atoms with Crippen molar-refractivity contribution in [3.05, 3.63) is 74.8 Å². The molecule has 2 aromatic carbocycles. The molecule has 9 heteroatoms. The van der Waals surface area contributed by atoms with Crippen molar-refractivity contribution in [1.82, 2.24) is 10.3 Å². The molecule has 0 saturated heterocycles. The van der Waals surface area contributed by atoms with Gasteiger partial charge in [0, 0.05) is 29.2 Å². The van der Waals surface area contributed by atoms with Crippen LogP contribution in [0.2, 0.25) is 0 Å². The van der Waals surface area contributed by atoms with E-state index in [0.717, 1.165) is 21.3 Å². The van der Waals surface area contributed by atoms with Gasteiger partial charge in [0.1, 0.15) is 5.75 Å². The molecule has 0 atom stereocenters. The zero-order chi connectivity index (χ0) is 20.1. The Morgan fingerprint density at radius 3 is 2.64 bits per heavy atom. The van der Waals surface area contributed by atoms with Crippen LogP contribution in [0.15, 0.2) is 57.1 Å². The molecule has 0 unspecified atom stereocenters. The van der Waals surface area contributed by atoms with E-state index >= 15 is 0 Å². The highest BCUT2D eigenvalue weighted by Gasteiger charge is 2.19. The van der Waals surface area contributed by atoms with Gasteiger partial charge in [0.15, 0.2) is 4.34 Å². The van der Waals surface area contributed by atoms with Crippen LogP contribution in [-0.2, 0) is 6.54 Å². The van der Waals surface area contributed by atoms with Crippen molar-refractivity contribution in [1.29, 1.82) is 0 Å². The van der Waals surface area contributed by atoms with Crippen LogP contribution >= 0.6 is 23.1 Å². The predicted octanol–water partition coefficient (Wildman–Crippen LogP) is 4.45. The van der Waals surface area contributed by atoms with E-state index in [1.54, 1.807) is 31.4 Å². The van der Waals surface area contributed by atoms with Gasteiger partial charge in [-0.05, 0) is 36.8 Å². The Morgan fingerprint density at radius 2 is 2.04 bits per heavy atom. The van der Waals surface area contributed by atoms with Gasteiger partial charge >= 0.3 is 0 Å². The molecular formula is C19H17N3O4S2. The predicted molar refractivity (Wildman–Crippen MR) is 108 cm³/mol. The summed E-state index contributed by atoms with van der Waals surface area (Å²) in [6.07, 6.45) is 0. The molecule has 7 nitrogen and oxygen atoms in total. The fraction of sp³-hybridized carbons (Fsp3) is 0.158. The average Bonchev–Trinajstić information content (AvgIpc) is 3.11. The Balaban J connectivity index is 1.72. The number of hydrogen-bond acceptors (Lipinski definition) is 7. The van der Waals surface area contributed by atoms with Crippen molar-refractivity contribution in [2.75, 3.05) is 7.11 Å². The summed E-state index contributed by atoms with van der Waals surface area (Å²) in [4.78, 5) is 28.2. The molecule has 3 rings (SSSR count). The fourth-order valence-electron chi connectivity index (χ4n) is 2.39. The summed E-state index contributed by atoms with van der Waals surface area (Å²) < 4.78 is 5.82. The van der Waals surface area contributed by atoms with E-state index in [4.69, 9.17) is 4.74 Å². The summed E-state index contributed by atoms with van der Waals surface area (Å²) >= 11 is 2.64. The molecule has 1 heterocycles. The molecule has 0 spiro atoms. The second-order valence-corrected chi connectivity index (χ2v) is 7.97. The van der Waals surface area contributed by atoms with Gasteiger partial charge in [-0.15, -0.1) is 11.3 Å². The third kappa shape index (κ3) is 4.87. The lowest BCUT2D eigenvalue weighted by atomic mass is 10.1. The van der Waals surface area contributed by atoms with E-state index in [9.17, 15) is 14.9 Å². The first-order valence-electron chi connectivity index (χ1n) is 8.26. The normalized spacial score (nSPS) is 10.5. The molecule has 0 saturated carbocycles. The van der Waals surface area contributed by atoms with Crippen LogP contribution in [0.3, 0.4) is 0 Å². The molecule has 0 radical (unpaired) electrons. The lowest BCUT2D eigenvalue weighted by molar-refractivity contribution is -0.387. The molecule has 0 fully saturated rings. The van der Waals surface area contributed by atoms with Crippen molar-refractivity contribution in [3.63, 3.8) is 0 Å². The lowest BCUT2D eigenvalue weighted by Crippen LogP contribution is -2.22. The molecule has 1 aromatic heterocycles. The number of rotatable bonds is 7. The average molecular weight is 415 g/mol. The summed E-state index contributed by atoms with van der Waals surface area (Å²) in [5.41, 5.74) is 1.88. The standard InChI is InChI=1S/C19H17N3O4S2/c1-12-11-27-19(21-12)28-17-8-5-14(9-16(17)22(24)25)18(23)20-10-13-3-6-15(26-2)7-4-13/h3-9,11H,10H2,1-2H3,(H,20,23). The van der Waals surface area contributed by atoms with Gasteiger partial charge < -0.3 is 10.1 Å². The van der Waals surface area contributed by atoms with Crippen LogP contribution in [0.1, 0.15) is 21.6 Å². The van der Waals surface area contributed by atoms with Gasteiger partial charge in [0.2, 0.25) is 0 Å². The number of nitrogens with zero attached hydrogens (tertiary/aromatic N) is 2. The second-order valence-electron chi connectivity index (χ2n) is 5.83. The van der Waals surface area contributed by atoms with Crippen LogP contribution in [-0.4, -0.2) is 22.9 Å². The maximum absolute atomic E-state index is 12.4. The van der Waals surface area contributed by atoms with E-state index in [1.807, 2.05) is 24.4 Å². The van der Waals surface area contributed by atoms with Crippen LogP contribution < -0.4 is 10.1 Å². The summed E-state index contributed by atoms with van der Waals surface area (Å²) in [7, 11) is 1.58. The summed E-state index contributed by atoms with van der Waals surface area (Å²) in [6, 6.07) is 11.8. The molecule has 0 bridgehead atoms. The number of nitro benzene ring substituents is 1. The Kier molecular flexibility index (Phi) is 6.27. The molecule has 1 amide bonds. The smallest absolute Gasteiger partial charge is 0.284 e. The topological polar surface area (TPSA) is 94.4 Å². The highest BCUT2D eigenvalue weighted by atomic mass is 32.2. The number of carbonyl (C=O) groups is 1. The molecule has 1 N–H and O–H groups in total. The Morgan fingerprint density at radius 1 is 1.29 bits per heavy atom. The largest absolute Gasteiger partial charge is 0.497 e. The monoisotopic (exact) mass is 415 g/mol. The second kappa shape index (κ2) is 8.85. The maximum atomic E-state index is 12.4. The van der Waals surface area contributed by atoms with Crippen molar-refractivity contribution in [3.8, 4) is 5.75 Å². The van der Waals surface area contributed by atoms with E-state index in [2.05, 4.69) is 10.3 Å². The number of benzene rings is 2. The fourth-order valence-corrected chi connectivity index (χ4v) is 4.27. The highest BCUT2D eigenvalue weighted by Crippen LogP contribution is 2.36.